The number of nitrogens with two attached hydrogens (primary N) is 1. The molecule has 1 fully saturated rings. The number of aryl methyl sites for hydroxylation is 1. The summed E-state index contributed by atoms with van der Waals surface area (Å²) in [5, 5.41) is 2.78. The molecule has 21 heavy (non-hydrogen) atoms. The molecule has 1 aliphatic carbocycles. The van der Waals surface area contributed by atoms with Crippen LogP contribution in [0.4, 0.5) is 0 Å². The van der Waals surface area contributed by atoms with Crippen LogP contribution in [0.15, 0.2) is 23.1 Å². The fraction of sp³-hybridized carbons (Fsp3) is 0.500. The van der Waals surface area contributed by atoms with Crippen LogP contribution >= 0.6 is 0 Å². The molecule has 1 aliphatic rings. The lowest BCUT2D eigenvalue weighted by Gasteiger charge is -2.15. The van der Waals surface area contributed by atoms with Crippen LogP contribution in [0.3, 0.4) is 0 Å². The SMILES string of the molecule is Cc1cc(CN)ccc1S(=O)(=O)NC(C)C(=O)NC1CC1. The fourth-order valence-electron chi connectivity index (χ4n) is 2.04. The zero-order valence-electron chi connectivity index (χ0n) is 12.2. The minimum absolute atomic E-state index is 0.172. The molecule has 7 heteroatoms. The molecular weight excluding hydrogens is 290 g/mol. The maximum atomic E-state index is 12.3. The number of carbonyl (C=O) groups excluding carboxylic acids is 1. The van der Waals surface area contributed by atoms with Crippen LogP contribution in [0.2, 0.25) is 0 Å². The number of sulfonamides is 1. The van der Waals surface area contributed by atoms with E-state index >= 15 is 0 Å². The first kappa shape index (κ1) is 15.9. The molecule has 1 saturated carbocycles. The number of nitrogens with one attached hydrogen (secondary N) is 2. The monoisotopic (exact) mass is 311 g/mol. The largest absolute Gasteiger partial charge is 0.352 e. The fourth-order valence-corrected chi connectivity index (χ4v) is 3.47. The molecule has 0 spiro atoms. The van der Waals surface area contributed by atoms with Crippen molar-refractivity contribution in [2.75, 3.05) is 0 Å². The molecule has 0 aliphatic heterocycles. The van der Waals surface area contributed by atoms with Gasteiger partial charge in [-0.05, 0) is 43.9 Å². The molecule has 1 unspecified atom stereocenters. The summed E-state index contributed by atoms with van der Waals surface area (Å²) in [6.07, 6.45) is 1.93. The predicted molar refractivity (Wildman–Crippen MR) is 80.0 cm³/mol. The average Bonchev–Trinajstić information content (AvgIpc) is 3.21. The van der Waals surface area contributed by atoms with Crippen LogP contribution in [0.25, 0.3) is 0 Å². The third kappa shape index (κ3) is 4.03. The Balaban J connectivity index is 2.11. The maximum Gasteiger partial charge on any atom is 0.241 e. The highest BCUT2D eigenvalue weighted by molar-refractivity contribution is 7.89. The topological polar surface area (TPSA) is 101 Å². The number of hydrogen-bond donors (Lipinski definition) is 3. The minimum Gasteiger partial charge on any atom is -0.352 e. The van der Waals surface area contributed by atoms with Gasteiger partial charge in [0.1, 0.15) is 0 Å². The van der Waals surface area contributed by atoms with Crippen molar-refractivity contribution in [1.82, 2.24) is 10.0 Å². The second kappa shape index (κ2) is 6.13. The molecule has 2 rings (SSSR count). The Hall–Kier alpha value is -1.44. The summed E-state index contributed by atoms with van der Waals surface area (Å²) in [7, 11) is -3.73. The van der Waals surface area contributed by atoms with Gasteiger partial charge in [-0.25, -0.2) is 8.42 Å². The lowest BCUT2D eigenvalue weighted by molar-refractivity contribution is -0.122. The summed E-state index contributed by atoms with van der Waals surface area (Å²) in [5.41, 5.74) is 7.01. The van der Waals surface area contributed by atoms with E-state index in [-0.39, 0.29) is 16.8 Å². The van der Waals surface area contributed by atoms with Crippen molar-refractivity contribution in [2.24, 2.45) is 5.73 Å². The Labute approximate surface area is 125 Å². The highest BCUT2D eigenvalue weighted by Crippen LogP contribution is 2.19. The summed E-state index contributed by atoms with van der Waals surface area (Å²) < 4.78 is 27.1. The number of hydrogen-bond acceptors (Lipinski definition) is 4. The molecule has 6 nitrogen and oxygen atoms in total. The van der Waals surface area contributed by atoms with E-state index in [1.54, 1.807) is 26.0 Å². The number of rotatable bonds is 6. The van der Waals surface area contributed by atoms with Gasteiger partial charge in [0.2, 0.25) is 15.9 Å². The van der Waals surface area contributed by atoms with Gasteiger partial charge in [-0.1, -0.05) is 12.1 Å². The molecule has 0 heterocycles. The zero-order chi connectivity index (χ0) is 15.6. The van der Waals surface area contributed by atoms with E-state index in [0.717, 1.165) is 18.4 Å². The first-order chi connectivity index (χ1) is 9.83. The van der Waals surface area contributed by atoms with Gasteiger partial charge in [0.15, 0.2) is 0 Å². The van der Waals surface area contributed by atoms with Crippen LogP contribution < -0.4 is 15.8 Å². The van der Waals surface area contributed by atoms with Gasteiger partial charge in [0, 0.05) is 12.6 Å². The molecule has 116 valence electrons. The quantitative estimate of drug-likeness (QED) is 0.707. The standard InChI is InChI=1S/C14H21N3O3S/c1-9-7-11(8-15)3-6-13(9)21(19,20)17-10(2)14(18)16-12-4-5-12/h3,6-7,10,12,17H,4-5,8,15H2,1-2H3,(H,16,18). The van der Waals surface area contributed by atoms with Crippen molar-refractivity contribution < 1.29 is 13.2 Å². The number of carbonyl (C=O) groups is 1. The van der Waals surface area contributed by atoms with E-state index in [0.29, 0.717) is 12.1 Å². The van der Waals surface area contributed by atoms with E-state index in [1.807, 2.05) is 0 Å². The Bertz CT molecular complexity index is 639. The van der Waals surface area contributed by atoms with Crippen molar-refractivity contribution in [1.29, 1.82) is 0 Å². The summed E-state index contributed by atoms with van der Waals surface area (Å²) in [6, 6.07) is 4.34. The molecule has 1 aromatic carbocycles. The molecular formula is C14H21N3O3S. The summed E-state index contributed by atoms with van der Waals surface area (Å²) in [5.74, 6) is -0.294. The molecule has 0 aromatic heterocycles. The van der Waals surface area contributed by atoms with Gasteiger partial charge in [0.05, 0.1) is 10.9 Å². The van der Waals surface area contributed by atoms with E-state index in [4.69, 9.17) is 5.73 Å². The number of amides is 1. The zero-order valence-corrected chi connectivity index (χ0v) is 13.0. The lowest BCUT2D eigenvalue weighted by atomic mass is 10.1. The summed E-state index contributed by atoms with van der Waals surface area (Å²) >= 11 is 0. The van der Waals surface area contributed by atoms with Gasteiger partial charge in [-0.3, -0.25) is 4.79 Å². The van der Waals surface area contributed by atoms with Crippen molar-refractivity contribution in [3.63, 3.8) is 0 Å². The van der Waals surface area contributed by atoms with Gasteiger partial charge >= 0.3 is 0 Å². The van der Waals surface area contributed by atoms with Crippen molar-refractivity contribution in [3.05, 3.63) is 29.3 Å². The first-order valence-corrected chi connectivity index (χ1v) is 8.44. The van der Waals surface area contributed by atoms with Crippen LogP contribution in [0, 0.1) is 6.92 Å². The Morgan fingerprint density at radius 2 is 2.10 bits per heavy atom. The van der Waals surface area contributed by atoms with E-state index in [9.17, 15) is 13.2 Å². The van der Waals surface area contributed by atoms with Gasteiger partial charge < -0.3 is 11.1 Å². The highest BCUT2D eigenvalue weighted by Gasteiger charge is 2.28. The van der Waals surface area contributed by atoms with Gasteiger partial charge in [-0.2, -0.15) is 4.72 Å². The van der Waals surface area contributed by atoms with Crippen molar-refractivity contribution in [2.45, 2.75) is 50.2 Å². The number of benzene rings is 1. The van der Waals surface area contributed by atoms with Crippen molar-refractivity contribution in [3.8, 4) is 0 Å². The summed E-state index contributed by atoms with van der Waals surface area (Å²) in [4.78, 5) is 12.0. The van der Waals surface area contributed by atoms with E-state index in [1.165, 1.54) is 6.07 Å². The molecule has 0 bridgehead atoms. The average molecular weight is 311 g/mol. The van der Waals surface area contributed by atoms with Crippen LogP contribution in [0.5, 0.6) is 0 Å². The van der Waals surface area contributed by atoms with E-state index in [2.05, 4.69) is 10.0 Å². The Morgan fingerprint density at radius 3 is 2.62 bits per heavy atom. The second-order valence-corrected chi connectivity index (χ2v) is 7.11. The Kier molecular flexibility index (Phi) is 4.65. The predicted octanol–water partition coefficient (Wildman–Crippen LogP) is 0.399. The van der Waals surface area contributed by atoms with E-state index < -0.39 is 16.1 Å². The van der Waals surface area contributed by atoms with Crippen LogP contribution in [-0.4, -0.2) is 26.4 Å². The minimum atomic E-state index is -3.73. The lowest BCUT2D eigenvalue weighted by Crippen LogP contribution is -2.45. The van der Waals surface area contributed by atoms with Gasteiger partial charge in [-0.15, -0.1) is 0 Å². The Morgan fingerprint density at radius 1 is 1.43 bits per heavy atom. The molecule has 1 atom stereocenters. The smallest absolute Gasteiger partial charge is 0.241 e. The van der Waals surface area contributed by atoms with Crippen LogP contribution in [0.1, 0.15) is 30.9 Å². The first-order valence-electron chi connectivity index (χ1n) is 6.96. The third-order valence-corrected chi connectivity index (χ3v) is 5.11. The van der Waals surface area contributed by atoms with Crippen LogP contribution in [-0.2, 0) is 21.4 Å². The normalized spacial score (nSPS) is 16.5. The molecule has 1 amide bonds. The molecule has 0 saturated heterocycles. The molecule has 1 aromatic rings. The molecule has 4 N–H and O–H groups in total. The van der Waals surface area contributed by atoms with Gasteiger partial charge in [0.25, 0.3) is 0 Å². The highest BCUT2D eigenvalue weighted by atomic mass is 32.2. The third-order valence-electron chi connectivity index (χ3n) is 3.41. The van der Waals surface area contributed by atoms with Crippen molar-refractivity contribution >= 4 is 15.9 Å². The summed E-state index contributed by atoms with van der Waals surface area (Å²) in [6.45, 7) is 3.61. The maximum absolute atomic E-state index is 12.3. The molecule has 0 radical (unpaired) electrons. The second-order valence-electron chi connectivity index (χ2n) is 5.43.